The molecule has 0 radical (unpaired) electrons. The average molecular weight is 350 g/mol. The minimum absolute atomic E-state index is 0.0437. The van der Waals surface area contributed by atoms with Crippen LogP contribution in [-0.2, 0) is 6.18 Å². The molecule has 0 spiro atoms. The van der Waals surface area contributed by atoms with Crippen LogP contribution in [0.3, 0.4) is 0 Å². The van der Waals surface area contributed by atoms with Crippen molar-refractivity contribution in [3.63, 3.8) is 0 Å². The zero-order valence-corrected chi connectivity index (χ0v) is 14.1. The molecule has 1 atom stereocenters. The second-order valence-electron chi connectivity index (χ2n) is 6.16. The minimum atomic E-state index is -4.43. The fourth-order valence-corrected chi connectivity index (χ4v) is 3.26. The molecule has 1 N–H and O–H groups in total. The molecule has 1 aliphatic heterocycles. The van der Waals surface area contributed by atoms with Gasteiger partial charge in [-0.25, -0.2) is 4.98 Å². The molecule has 4 nitrogen and oxygen atoms in total. The summed E-state index contributed by atoms with van der Waals surface area (Å²) in [6.07, 6.45) is 1.58. The number of hydrogen-bond donors (Lipinski definition) is 1. The summed E-state index contributed by atoms with van der Waals surface area (Å²) in [5.41, 5.74) is -0.772. The van der Waals surface area contributed by atoms with Crippen LogP contribution in [0.4, 0.5) is 30.6 Å². The molecule has 0 amide bonds. The molecule has 25 heavy (non-hydrogen) atoms. The van der Waals surface area contributed by atoms with Gasteiger partial charge < -0.3 is 10.2 Å². The molecule has 1 saturated heterocycles. The Labute approximate surface area is 145 Å². The summed E-state index contributed by atoms with van der Waals surface area (Å²) in [5, 5.41) is 2.72. The topological polar surface area (TPSA) is 41.1 Å². The second kappa shape index (κ2) is 7.29. The number of rotatable bonds is 4. The Kier molecular flexibility index (Phi) is 5.11. The van der Waals surface area contributed by atoms with Crippen molar-refractivity contribution in [2.24, 2.45) is 0 Å². The Morgan fingerprint density at radius 3 is 2.76 bits per heavy atom. The van der Waals surface area contributed by atoms with E-state index >= 15 is 0 Å². The SMILES string of the molecule is CCC1CCCCN1c1ccnc(Nc2ccccc2C(F)(F)F)n1. The highest BCUT2D eigenvalue weighted by molar-refractivity contribution is 5.60. The maximum absolute atomic E-state index is 13.1. The third-order valence-electron chi connectivity index (χ3n) is 4.51. The van der Waals surface area contributed by atoms with Crippen LogP contribution in [0.25, 0.3) is 0 Å². The molecule has 134 valence electrons. The van der Waals surface area contributed by atoms with Crippen molar-refractivity contribution in [3.05, 3.63) is 42.1 Å². The lowest BCUT2D eigenvalue weighted by molar-refractivity contribution is -0.136. The lowest BCUT2D eigenvalue weighted by Crippen LogP contribution is -2.39. The number of aromatic nitrogens is 2. The number of piperidine rings is 1. The maximum Gasteiger partial charge on any atom is 0.418 e. The molecule has 3 rings (SSSR count). The Morgan fingerprint density at radius 1 is 1.20 bits per heavy atom. The molecule has 1 aromatic heterocycles. The Bertz CT molecular complexity index is 717. The summed E-state index contributed by atoms with van der Waals surface area (Å²) in [5.74, 6) is 0.933. The van der Waals surface area contributed by atoms with Gasteiger partial charge in [0.2, 0.25) is 5.95 Å². The van der Waals surface area contributed by atoms with Gasteiger partial charge >= 0.3 is 6.18 Å². The van der Waals surface area contributed by atoms with Crippen LogP contribution < -0.4 is 10.2 Å². The van der Waals surface area contributed by atoms with E-state index in [-0.39, 0.29) is 11.6 Å². The van der Waals surface area contributed by atoms with Gasteiger partial charge in [-0.2, -0.15) is 18.2 Å². The molecule has 2 aromatic rings. The highest BCUT2D eigenvalue weighted by Gasteiger charge is 2.33. The van der Waals surface area contributed by atoms with Gasteiger partial charge in [0.05, 0.1) is 11.3 Å². The molecule has 1 aliphatic rings. The Hall–Kier alpha value is -2.31. The summed E-state index contributed by atoms with van der Waals surface area (Å²) in [4.78, 5) is 10.8. The van der Waals surface area contributed by atoms with E-state index in [9.17, 15) is 13.2 Å². The van der Waals surface area contributed by atoms with Crippen LogP contribution in [0, 0.1) is 0 Å². The summed E-state index contributed by atoms with van der Waals surface area (Å²) >= 11 is 0. The number of nitrogens with zero attached hydrogens (tertiary/aromatic N) is 3. The Morgan fingerprint density at radius 2 is 2.00 bits per heavy atom. The number of alkyl halides is 3. The van der Waals surface area contributed by atoms with Crippen molar-refractivity contribution < 1.29 is 13.2 Å². The number of halogens is 3. The van der Waals surface area contributed by atoms with Crippen molar-refractivity contribution in [3.8, 4) is 0 Å². The van der Waals surface area contributed by atoms with Gasteiger partial charge in [-0.05, 0) is 43.9 Å². The highest BCUT2D eigenvalue weighted by atomic mass is 19.4. The number of para-hydroxylation sites is 1. The molecule has 7 heteroatoms. The van der Waals surface area contributed by atoms with Crippen molar-refractivity contribution in [1.29, 1.82) is 0 Å². The summed E-state index contributed by atoms with van der Waals surface area (Å²) < 4.78 is 39.4. The second-order valence-corrected chi connectivity index (χ2v) is 6.16. The maximum atomic E-state index is 13.1. The van der Waals surface area contributed by atoms with Crippen LogP contribution in [0.15, 0.2) is 36.5 Å². The zero-order valence-electron chi connectivity index (χ0n) is 14.1. The van der Waals surface area contributed by atoms with Gasteiger partial charge in [0.1, 0.15) is 5.82 Å². The van der Waals surface area contributed by atoms with Gasteiger partial charge in [0.25, 0.3) is 0 Å². The third-order valence-corrected chi connectivity index (χ3v) is 4.51. The molecular weight excluding hydrogens is 329 g/mol. The molecular formula is C18H21F3N4. The van der Waals surface area contributed by atoms with Crippen LogP contribution >= 0.6 is 0 Å². The molecule has 1 unspecified atom stereocenters. The number of benzene rings is 1. The predicted octanol–water partition coefficient (Wildman–Crippen LogP) is 5.01. The zero-order chi connectivity index (χ0) is 17.9. The molecule has 0 aliphatic carbocycles. The van der Waals surface area contributed by atoms with E-state index in [1.54, 1.807) is 12.3 Å². The fraction of sp³-hybridized carbons (Fsp3) is 0.444. The van der Waals surface area contributed by atoms with Crippen molar-refractivity contribution in [2.45, 2.75) is 44.8 Å². The van der Waals surface area contributed by atoms with Crippen LogP contribution in [0.5, 0.6) is 0 Å². The summed E-state index contributed by atoms with van der Waals surface area (Å²) in [7, 11) is 0. The predicted molar refractivity (Wildman–Crippen MR) is 92.0 cm³/mol. The van der Waals surface area contributed by atoms with E-state index in [1.807, 2.05) is 6.07 Å². The van der Waals surface area contributed by atoms with E-state index in [4.69, 9.17) is 0 Å². The molecule has 1 aromatic carbocycles. The quantitative estimate of drug-likeness (QED) is 0.842. The van der Waals surface area contributed by atoms with E-state index in [1.165, 1.54) is 18.6 Å². The van der Waals surface area contributed by atoms with E-state index in [0.717, 1.165) is 37.7 Å². The monoisotopic (exact) mass is 350 g/mol. The van der Waals surface area contributed by atoms with Crippen molar-refractivity contribution in [1.82, 2.24) is 9.97 Å². The number of nitrogens with one attached hydrogen (secondary N) is 1. The molecule has 0 saturated carbocycles. The standard InChI is InChI=1S/C18H21F3N4/c1-2-13-7-5-6-12-25(13)16-10-11-22-17(24-16)23-15-9-4-3-8-14(15)18(19,20)21/h3-4,8-11,13H,2,5-7,12H2,1H3,(H,22,23,24). The average Bonchev–Trinajstić information content (AvgIpc) is 2.61. The van der Waals surface area contributed by atoms with Crippen molar-refractivity contribution >= 4 is 17.5 Å². The Balaban J connectivity index is 1.86. The van der Waals surface area contributed by atoms with Gasteiger partial charge in [0.15, 0.2) is 0 Å². The number of anilines is 3. The lowest BCUT2D eigenvalue weighted by Gasteiger charge is -2.36. The lowest BCUT2D eigenvalue weighted by atomic mass is 10.0. The van der Waals surface area contributed by atoms with E-state index in [2.05, 4.69) is 27.1 Å². The first-order valence-corrected chi connectivity index (χ1v) is 8.52. The highest BCUT2D eigenvalue weighted by Crippen LogP contribution is 2.35. The first kappa shape index (κ1) is 17.5. The normalized spacial score (nSPS) is 18.2. The number of hydrogen-bond acceptors (Lipinski definition) is 4. The van der Waals surface area contributed by atoms with Crippen LogP contribution in [-0.4, -0.2) is 22.6 Å². The largest absolute Gasteiger partial charge is 0.418 e. The van der Waals surface area contributed by atoms with Crippen molar-refractivity contribution in [2.75, 3.05) is 16.8 Å². The van der Waals surface area contributed by atoms with Crippen LogP contribution in [0.1, 0.15) is 38.2 Å². The van der Waals surface area contributed by atoms with Gasteiger partial charge in [-0.15, -0.1) is 0 Å². The molecule has 0 bridgehead atoms. The van der Waals surface area contributed by atoms with Gasteiger partial charge in [0, 0.05) is 18.8 Å². The van der Waals surface area contributed by atoms with Gasteiger partial charge in [-0.1, -0.05) is 19.1 Å². The molecule has 1 fully saturated rings. The van der Waals surface area contributed by atoms with Gasteiger partial charge in [-0.3, -0.25) is 0 Å². The van der Waals surface area contributed by atoms with E-state index in [0.29, 0.717) is 6.04 Å². The summed E-state index contributed by atoms with van der Waals surface area (Å²) in [6.45, 7) is 3.05. The fourth-order valence-electron chi connectivity index (χ4n) is 3.26. The first-order valence-electron chi connectivity index (χ1n) is 8.52. The minimum Gasteiger partial charge on any atom is -0.353 e. The smallest absolute Gasteiger partial charge is 0.353 e. The summed E-state index contributed by atoms with van der Waals surface area (Å²) in [6, 6.07) is 7.58. The van der Waals surface area contributed by atoms with E-state index < -0.39 is 11.7 Å². The molecule has 2 heterocycles. The third kappa shape index (κ3) is 4.03. The first-order chi connectivity index (χ1) is 12.0. The van der Waals surface area contributed by atoms with Crippen LogP contribution in [0.2, 0.25) is 0 Å².